The van der Waals surface area contributed by atoms with Gasteiger partial charge in [-0.1, -0.05) is 17.8 Å². The molecule has 3 aromatic rings. The summed E-state index contributed by atoms with van der Waals surface area (Å²) in [7, 11) is 3.30. The Morgan fingerprint density at radius 1 is 0.926 bits per heavy atom. The van der Waals surface area contributed by atoms with E-state index in [9.17, 15) is 0 Å². The van der Waals surface area contributed by atoms with Gasteiger partial charge in [-0.05, 0) is 60.7 Å². The third-order valence-electron chi connectivity index (χ3n) is 3.73. The quantitative estimate of drug-likeness (QED) is 0.475. The summed E-state index contributed by atoms with van der Waals surface area (Å²) in [6.45, 7) is 0. The molecule has 0 amide bonds. The molecule has 0 aliphatic heterocycles. The SMILES string of the molecule is COc1ccc(N=C(Nc2ccc(OC)cc2)SCc2ccccn2)cc1. The number of pyridine rings is 1. The number of methoxy groups -OCH3 is 2. The van der Waals surface area contributed by atoms with Crippen molar-refractivity contribution in [1.82, 2.24) is 4.98 Å². The number of hydrogen-bond acceptors (Lipinski definition) is 5. The Labute approximate surface area is 163 Å². The van der Waals surface area contributed by atoms with Gasteiger partial charge in [0.05, 0.1) is 25.6 Å². The van der Waals surface area contributed by atoms with E-state index in [4.69, 9.17) is 14.5 Å². The van der Waals surface area contributed by atoms with Gasteiger partial charge in [0.1, 0.15) is 11.5 Å². The Morgan fingerprint density at radius 3 is 2.19 bits per heavy atom. The van der Waals surface area contributed by atoms with Crippen LogP contribution in [0.15, 0.2) is 77.9 Å². The molecule has 0 radical (unpaired) electrons. The molecule has 3 rings (SSSR count). The second kappa shape index (κ2) is 9.64. The number of benzene rings is 2. The van der Waals surface area contributed by atoms with Gasteiger partial charge in [0, 0.05) is 17.6 Å². The van der Waals surface area contributed by atoms with E-state index in [1.807, 2.05) is 66.7 Å². The molecule has 0 bridgehead atoms. The zero-order valence-corrected chi connectivity index (χ0v) is 16.1. The second-order valence-corrected chi connectivity index (χ2v) is 6.54. The van der Waals surface area contributed by atoms with Crippen molar-refractivity contribution in [2.75, 3.05) is 19.5 Å². The molecule has 1 N–H and O–H groups in total. The van der Waals surface area contributed by atoms with E-state index in [1.165, 1.54) is 0 Å². The Balaban J connectivity index is 1.78. The van der Waals surface area contributed by atoms with E-state index in [0.717, 1.165) is 39.5 Å². The van der Waals surface area contributed by atoms with Crippen molar-refractivity contribution in [3.63, 3.8) is 0 Å². The summed E-state index contributed by atoms with van der Waals surface area (Å²) in [5, 5.41) is 4.16. The normalized spacial score (nSPS) is 11.1. The molecule has 1 heterocycles. The molecular formula is C21H21N3O2S. The predicted molar refractivity (Wildman–Crippen MR) is 112 cm³/mol. The number of aliphatic imine (C=N–C) groups is 1. The highest BCUT2D eigenvalue weighted by atomic mass is 32.2. The molecule has 5 nitrogen and oxygen atoms in total. The fraction of sp³-hybridized carbons (Fsp3) is 0.143. The number of nitrogens with one attached hydrogen (secondary N) is 1. The molecule has 138 valence electrons. The van der Waals surface area contributed by atoms with Gasteiger partial charge in [-0.15, -0.1) is 0 Å². The molecule has 0 saturated carbocycles. The van der Waals surface area contributed by atoms with Crippen LogP contribution in [-0.2, 0) is 5.75 Å². The minimum Gasteiger partial charge on any atom is -0.497 e. The van der Waals surface area contributed by atoms with Crippen molar-refractivity contribution in [3.8, 4) is 11.5 Å². The van der Waals surface area contributed by atoms with Gasteiger partial charge in [-0.3, -0.25) is 4.98 Å². The first kappa shape index (κ1) is 18.8. The zero-order valence-electron chi connectivity index (χ0n) is 15.3. The fourth-order valence-electron chi connectivity index (χ4n) is 2.29. The summed E-state index contributed by atoms with van der Waals surface area (Å²) in [6, 6.07) is 21.3. The van der Waals surface area contributed by atoms with Crippen LogP contribution in [0.5, 0.6) is 11.5 Å². The maximum absolute atomic E-state index is 5.21. The van der Waals surface area contributed by atoms with Crippen LogP contribution in [0.25, 0.3) is 0 Å². The standard InChI is InChI=1S/C21H21N3O2S/c1-25-19-10-6-16(7-11-19)23-21(27-15-18-5-3-4-14-22-18)24-17-8-12-20(26-2)13-9-17/h3-14H,15H2,1-2H3,(H,23,24). The van der Waals surface area contributed by atoms with Gasteiger partial charge < -0.3 is 14.8 Å². The van der Waals surface area contributed by atoms with E-state index in [2.05, 4.69) is 10.3 Å². The van der Waals surface area contributed by atoms with E-state index in [0.29, 0.717) is 0 Å². The number of amidine groups is 1. The molecule has 2 aromatic carbocycles. The van der Waals surface area contributed by atoms with Crippen LogP contribution in [-0.4, -0.2) is 24.4 Å². The van der Waals surface area contributed by atoms with Crippen molar-refractivity contribution in [2.24, 2.45) is 4.99 Å². The molecular weight excluding hydrogens is 358 g/mol. The van der Waals surface area contributed by atoms with E-state index < -0.39 is 0 Å². The largest absolute Gasteiger partial charge is 0.497 e. The van der Waals surface area contributed by atoms with Crippen molar-refractivity contribution in [2.45, 2.75) is 5.75 Å². The van der Waals surface area contributed by atoms with E-state index in [-0.39, 0.29) is 0 Å². The molecule has 0 atom stereocenters. The molecule has 0 saturated heterocycles. The lowest BCUT2D eigenvalue weighted by Crippen LogP contribution is -2.08. The molecule has 6 heteroatoms. The summed E-state index contributed by atoms with van der Waals surface area (Å²) in [5.74, 6) is 2.34. The first-order chi connectivity index (χ1) is 13.3. The van der Waals surface area contributed by atoms with Crippen LogP contribution in [0.3, 0.4) is 0 Å². The minimum absolute atomic E-state index is 0.721. The van der Waals surface area contributed by atoms with Crippen molar-refractivity contribution < 1.29 is 9.47 Å². The predicted octanol–water partition coefficient (Wildman–Crippen LogP) is 5.13. The molecule has 27 heavy (non-hydrogen) atoms. The van der Waals surface area contributed by atoms with Gasteiger partial charge in [-0.25, -0.2) is 4.99 Å². The van der Waals surface area contributed by atoms with Gasteiger partial charge in [0.15, 0.2) is 5.17 Å². The van der Waals surface area contributed by atoms with Crippen LogP contribution in [0.4, 0.5) is 11.4 Å². The third-order valence-corrected chi connectivity index (χ3v) is 4.63. The summed E-state index contributed by atoms with van der Waals surface area (Å²) >= 11 is 1.60. The third kappa shape index (κ3) is 5.76. The second-order valence-electron chi connectivity index (χ2n) is 5.58. The van der Waals surface area contributed by atoms with Gasteiger partial charge in [0.25, 0.3) is 0 Å². The van der Waals surface area contributed by atoms with Gasteiger partial charge in [0.2, 0.25) is 0 Å². The van der Waals surface area contributed by atoms with Crippen LogP contribution in [0.1, 0.15) is 5.69 Å². The lowest BCUT2D eigenvalue weighted by atomic mass is 10.3. The molecule has 0 aliphatic rings. The monoisotopic (exact) mass is 379 g/mol. The number of aromatic nitrogens is 1. The molecule has 0 fully saturated rings. The topological polar surface area (TPSA) is 55.7 Å². The molecule has 1 aromatic heterocycles. The Morgan fingerprint density at radius 2 is 1.59 bits per heavy atom. The maximum atomic E-state index is 5.21. The van der Waals surface area contributed by atoms with Crippen molar-refractivity contribution in [1.29, 1.82) is 0 Å². The van der Waals surface area contributed by atoms with Crippen LogP contribution < -0.4 is 14.8 Å². The molecule has 0 spiro atoms. The Bertz CT molecular complexity index is 866. The van der Waals surface area contributed by atoms with E-state index in [1.54, 1.807) is 32.2 Å². The number of rotatable bonds is 6. The first-order valence-electron chi connectivity index (χ1n) is 8.43. The average Bonchev–Trinajstić information content (AvgIpc) is 2.74. The number of hydrogen-bond donors (Lipinski definition) is 1. The highest BCUT2D eigenvalue weighted by Crippen LogP contribution is 2.23. The van der Waals surface area contributed by atoms with Gasteiger partial charge in [-0.2, -0.15) is 0 Å². The summed E-state index contributed by atoms with van der Waals surface area (Å²) in [4.78, 5) is 9.11. The minimum atomic E-state index is 0.721. The summed E-state index contributed by atoms with van der Waals surface area (Å²) in [5.41, 5.74) is 2.79. The first-order valence-corrected chi connectivity index (χ1v) is 9.42. The number of ether oxygens (including phenoxy) is 2. The smallest absolute Gasteiger partial charge is 0.166 e. The van der Waals surface area contributed by atoms with Crippen LogP contribution in [0.2, 0.25) is 0 Å². The summed E-state index contributed by atoms with van der Waals surface area (Å²) in [6.07, 6.45) is 1.80. The summed E-state index contributed by atoms with van der Waals surface area (Å²) < 4.78 is 10.4. The fourth-order valence-corrected chi connectivity index (χ4v) is 3.11. The van der Waals surface area contributed by atoms with Crippen molar-refractivity contribution in [3.05, 3.63) is 78.6 Å². The van der Waals surface area contributed by atoms with E-state index >= 15 is 0 Å². The van der Waals surface area contributed by atoms with Crippen LogP contribution in [0, 0.1) is 0 Å². The Hall–Kier alpha value is -2.99. The number of thioether (sulfide) groups is 1. The van der Waals surface area contributed by atoms with Crippen molar-refractivity contribution >= 4 is 28.3 Å². The number of anilines is 1. The Kier molecular flexibility index (Phi) is 6.71. The maximum Gasteiger partial charge on any atom is 0.166 e. The lowest BCUT2D eigenvalue weighted by Gasteiger charge is -2.10. The van der Waals surface area contributed by atoms with Crippen LogP contribution >= 0.6 is 11.8 Å². The lowest BCUT2D eigenvalue weighted by molar-refractivity contribution is 0.415. The highest BCUT2D eigenvalue weighted by molar-refractivity contribution is 8.13. The van der Waals surface area contributed by atoms with Gasteiger partial charge >= 0.3 is 0 Å². The molecule has 0 aliphatic carbocycles. The zero-order chi connectivity index (χ0) is 18.9. The average molecular weight is 379 g/mol. The highest BCUT2D eigenvalue weighted by Gasteiger charge is 2.05. The number of nitrogens with zero attached hydrogens (tertiary/aromatic N) is 2. The molecule has 0 unspecified atom stereocenters.